The van der Waals surface area contributed by atoms with E-state index in [0.29, 0.717) is 6.61 Å². The van der Waals surface area contributed by atoms with Crippen LogP contribution in [0.25, 0.3) is 10.9 Å². The highest BCUT2D eigenvalue weighted by Crippen LogP contribution is 2.37. The van der Waals surface area contributed by atoms with E-state index >= 15 is 0 Å². The number of hydrogen-bond acceptors (Lipinski definition) is 6. The molecule has 2 aliphatic rings. The number of amides is 3. The van der Waals surface area contributed by atoms with Crippen molar-refractivity contribution < 1.29 is 28.6 Å². The first-order valence-electron chi connectivity index (χ1n) is 15.5. The maximum absolute atomic E-state index is 14.5. The quantitative estimate of drug-likeness (QED) is 0.352. The molecule has 1 aromatic carbocycles. The number of nitrogens with zero attached hydrogens (tertiary/aromatic N) is 4. The van der Waals surface area contributed by atoms with Gasteiger partial charge >= 0.3 is 12.2 Å². The Morgan fingerprint density at radius 2 is 1.65 bits per heavy atom. The van der Waals surface area contributed by atoms with Gasteiger partial charge in [-0.05, 0) is 91.8 Å². The Morgan fingerprint density at radius 1 is 1.00 bits per heavy atom. The lowest BCUT2D eigenvalue weighted by molar-refractivity contribution is -0.142. The van der Waals surface area contributed by atoms with Gasteiger partial charge in [-0.1, -0.05) is 12.1 Å². The Hall–Kier alpha value is -3.27. The maximum atomic E-state index is 14.5. The fourth-order valence-corrected chi connectivity index (χ4v) is 5.71. The lowest BCUT2D eigenvalue weighted by Gasteiger charge is -2.43. The molecule has 1 unspecified atom stereocenters. The predicted octanol–water partition coefficient (Wildman–Crippen LogP) is 5.89. The molecule has 238 valence electrons. The largest absolute Gasteiger partial charge is 0.444 e. The van der Waals surface area contributed by atoms with Crippen LogP contribution in [0.1, 0.15) is 84.9 Å². The normalized spacial score (nSPS) is 18.5. The number of hydrogen-bond donors (Lipinski definition) is 0. The van der Waals surface area contributed by atoms with Crippen molar-refractivity contribution in [2.45, 2.75) is 111 Å². The van der Waals surface area contributed by atoms with Gasteiger partial charge in [0.05, 0.1) is 12.6 Å². The minimum Gasteiger partial charge on any atom is -0.444 e. The van der Waals surface area contributed by atoms with Gasteiger partial charge in [-0.15, -0.1) is 0 Å². The molecule has 2 fully saturated rings. The van der Waals surface area contributed by atoms with Crippen molar-refractivity contribution in [2.75, 3.05) is 33.4 Å². The summed E-state index contributed by atoms with van der Waals surface area (Å²) in [5.41, 5.74) is 1.97. The number of rotatable bonds is 8. The van der Waals surface area contributed by atoms with Gasteiger partial charge in [0.2, 0.25) is 5.91 Å². The molecule has 2 atom stereocenters. The average molecular weight is 599 g/mol. The van der Waals surface area contributed by atoms with E-state index in [1.54, 1.807) is 27.9 Å². The monoisotopic (exact) mass is 598 g/mol. The molecule has 1 saturated carbocycles. The van der Waals surface area contributed by atoms with Gasteiger partial charge in [0, 0.05) is 56.5 Å². The third-order valence-corrected chi connectivity index (χ3v) is 7.89. The predicted molar refractivity (Wildman–Crippen MR) is 166 cm³/mol. The van der Waals surface area contributed by atoms with E-state index in [0.717, 1.165) is 36.9 Å². The number of fused-ring (bicyclic) bond motifs is 1. The number of ether oxygens (including phenoxy) is 3. The smallest absolute Gasteiger partial charge is 0.411 e. The van der Waals surface area contributed by atoms with Crippen molar-refractivity contribution in [1.29, 1.82) is 0 Å². The van der Waals surface area contributed by atoms with Crippen LogP contribution in [0, 0.1) is 6.92 Å². The fourth-order valence-electron chi connectivity index (χ4n) is 5.71. The topological polar surface area (TPSA) is 93.5 Å². The van der Waals surface area contributed by atoms with Gasteiger partial charge in [0.25, 0.3) is 0 Å². The van der Waals surface area contributed by atoms with Crippen LogP contribution in [-0.4, -0.2) is 94.0 Å². The molecule has 1 aliphatic carbocycles. The van der Waals surface area contributed by atoms with E-state index < -0.39 is 29.4 Å². The molecule has 2 aromatic rings. The van der Waals surface area contributed by atoms with Crippen LogP contribution >= 0.6 is 0 Å². The van der Waals surface area contributed by atoms with E-state index in [4.69, 9.17) is 14.2 Å². The second-order valence-corrected chi connectivity index (χ2v) is 13.9. The first-order chi connectivity index (χ1) is 20.1. The molecule has 10 nitrogen and oxygen atoms in total. The van der Waals surface area contributed by atoms with E-state index in [1.165, 1.54) is 20.7 Å². The minimum absolute atomic E-state index is 0.0451. The summed E-state index contributed by atoms with van der Waals surface area (Å²) < 4.78 is 18.9. The molecule has 10 heteroatoms. The van der Waals surface area contributed by atoms with Crippen molar-refractivity contribution in [3.8, 4) is 0 Å². The third-order valence-electron chi connectivity index (χ3n) is 7.89. The molecular formula is C33H50N4O6. The SMILES string of the molecule is COCCCn1cc(C)c2ccc(C(C)N(C(=O)[C@H]3CN(C(=O)OC(C)(C)C)CCN3C(=O)OC(C)(C)C)C3CC3)cc21. The van der Waals surface area contributed by atoms with Gasteiger partial charge in [0.15, 0.2) is 0 Å². The molecule has 1 aliphatic heterocycles. The van der Waals surface area contributed by atoms with Crippen molar-refractivity contribution >= 4 is 29.0 Å². The summed E-state index contributed by atoms with van der Waals surface area (Å²) in [4.78, 5) is 45.9. The van der Waals surface area contributed by atoms with Crippen LogP contribution in [0.4, 0.5) is 9.59 Å². The fraction of sp³-hybridized carbons (Fsp3) is 0.667. The van der Waals surface area contributed by atoms with E-state index in [9.17, 15) is 14.4 Å². The van der Waals surface area contributed by atoms with Crippen molar-refractivity contribution in [3.63, 3.8) is 0 Å². The van der Waals surface area contributed by atoms with E-state index in [-0.39, 0.29) is 37.6 Å². The highest BCUT2D eigenvalue weighted by molar-refractivity contribution is 5.88. The summed E-state index contributed by atoms with van der Waals surface area (Å²) in [5.74, 6) is -0.180. The zero-order chi connectivity index (χ0) is 31.7. The highest BCUT2D eigenvalue weighted by Gasteiger charge is 2.46. The van der Waals surface area contributed by atoms with Crippen LogP contribution in [0.2, 0.25) is 0 Å². The van der Waals surface area contributed by atoms with Crippen LogP contribution in [0.5, 0.6) is 0 Å². The van der Waals surface area contributed by atoms with Crippen molar-refractivity contribution in [1.82, 2.24) is 19.3 Å². The Balaban J connectivity index is 1.64. The van der Waals surface area contributed by atoms with Crippen LogP contribution < -0.4 is 0 Å². The number of aryl methyl sites for hydroxylation is 2. The molecule has 0 radical (unpaired) electrons. The van der Waals surface area contributed by atoms with Crippen LogP contribution in [0.3, 0.4) is 0 Å². The molecule has 1 aromatic heterocycles. The van der Waals surface area contributed by atoms with E-state index in [2.05, 4.69) is 42.8 Å². The summed E-state index contributed by atoms with van der Waals surface area (Å²) in [6.07, 6.45) is 3.84. The zero-order valence-corrected chi connectivity index (χ0v) is 27.4. The summed E-state index contributed by atoms with van der Waals surface area (Å²) in [7, 11) is 1.71. The summed E-state index contributed by atoms with van der Waals surface area (Å²) in [6, 6.07) is 5.37. The second kappa shape index (κ2) is 12.8. The standard InChI is InChI=1S/C33H50N4O6/c1-22-20-34(15-10-18-41-9)27-19-24(11-14-26(22)27)23(2)37(25-12-13-25)29(38)28-21-35(30(39)42-32(3,4)5)16-17-36(28)31(40)43-33(6,7)8/h11,14,19-20,23,25,28H,10,12-13,15-18,21H2,1-9H3/t23?,28-/m1/s1. The van der Waals surface area contributed by atoms with Gasteiger partial charge in [-0.3, -0.25) is 9.69 Å². The minimum atomic E-state index is -0.886. The van der Waals surface area contributed by atoms with Crippen molar-refractivity contribution in [2.24, 2.45) is 0 Å². The highest BCUT2D eigenvalue weighted by atomic mass is 16.6. The average Bonchev–Trinajstić information content (AvgIpc) is 3.70. The lowest BCUT2D eigenvalue weighted by Crippen LogP contribution is -2.63. The molecule has 0 bridgehead atoms. The zero-order valence-electron chi connectivity index (χ0n) is 27.4. The first kappa shape index (κ1) is 32.6. The molecule has 2 heterocycles. The number of carbonyl (C=O) groups is 3. The van der Waals surface area contributed by atoms with Crippen molar-refractivity contribution in [3.05, 3.63) is 35.5 Å². The third kappa shape index (κ3) is 8.02. The Morgan fingerprint density at radius 3 is 2.26 bits per heavy atom. The molecule has 1 saturated heterocycles. The maximum Gasteiger partial charge on any atom is 0.411 e. The second-order valence-electron chi connectivity index (χ2n) is 13.9. The van der Waals surface area contributed by atoms with E-state index in [1.807, 2.05) is 25.7 Å². The first-order valence-corrected chi connectivity index (χ1v) is 15.5. The molecule has 0 N–H and O–H groups in total. The summed E-state index contributed by atoms with van der Waals surface area (Å²) in [6.45, 7) is 17.0. The van der Waals surface area contributed by atoms with Gasteiger partial charge in [0.1, 0.15) is 17.2 Å². The van der Waals surface area contributed by atoms with Gasteiger partial charge in [-0.25, -0.2) is 9.59 Å². The number of piperazine rings is 1. The molecular weight excluding hydrogens is 548 g/mol. The summed E-state index contributed by atoms with van der Waals surface area (Å²) in [5, 5.41) is 1.19. The Labute approximate surface area is 256 Å². The lowest BCUT2D eigenvalue weighted by atomic mass is 10.0. The number of benzene rings is 1. The van der Waals surface area contributed by atoms with Crippen LogP contribution in [-0.2, 0) is 25.5 Å². The molecule has 43 heavy (non-hydrogen) atoms. The summed E-state index contributed by atoms with van der Waals surface area (Å²) >= 11 is 0. The van der Waals surface area contributed by atoms with Gasteiger partial charge in [-0.2, -0.15) is 0 Å². The van der Waals surface area contributed by atoms with Gasteiger partial charge < -0.3 is 28.6 Å². The molecule has 3 amide bonds. The number of carbonyl (C=O) groups excluding carboxylic acids is 3. The molecule has 4 rings (SSSR count). The molecule has 0 spiro atoms. The van der Waals surface area contributed by atoms with Crippen LogP contribution in [0.15, 0.2) is 24.4 Å². The Bertz CT molecular complexity index is 1320. The number of aromatic nitrogens is 1. The Kier molecular flexibility index (Phi) is 9.69. The number of methoxy groups -OCH3 is 1.